The molecule has 0 fully saturated rings. The Kier molecular flexibility index (Phi) is 7.62. The van der Waals surface area contributed by atoms with Crippen molar-refractivity contribution in [2.75, 3.05) is 27.2 Å². The van der Waals surface area contributed by atoms with E-state index in [1.54, 1.807) is 50.5 Å². The zero-order valence-corrected chi connectivity index (χ0v) is 19.6. The summed E-state index contributed by atoms with van der Waals surface area (Å²) in [5.41, 5.74) is 2.76. The minimum atomic E-state index is -3.31. The number of likely N-dealkylation sites (N-methyl/N-ethyl adjacent to an activating group) is 1. The van der Waals surface area contributed by atoms with Crippen LogP contribution in [0.4, 0.5) is 0 Å². The van der Waals surface area contributed by atoms with E-state index in [-0.39, 0.29) is 0 Å². The topological polar surface area (TPSA) is 72.4 Å². The number of aromatic nitrogens is 2. The van der Waals surface area contributed by atoms with Gasteiger partial charge < -0.3 is 9.64 Å². The van der Waals surface area contributed by atoms with Crippen LogP contribution in [0.25, 0.3) is 11.3 Å². The maximum Gasteiger partial charge on any atom is 0.180 e. The average molecular weight is 450 g/mol. The molecule has 0 aliphatic carbocycles. The molecule has 1 heterocycles. The largest absolute Gasteiger partial charge is 0.492 e. The maximum absolute atomic E-state index is 12.3. The van der Waals surface area contributed by atoms with Crippen LogP contribution in [-0.4, -0.2) is 55.8 Å². The summed E-state index contributed by atoms with van der Waals surface area (Å²) in [6.07, 6.45) is 3.24. The number of hydrogen-bond donors (Lipinski definition) is 0. The summed E-state index contributed by atoms with van der Waals surface area (Å²) in [7, 11) is 0.696. The van der Waals surface area contributed by atoms with Gasteiger partial charge in [0.05, 0.1) is 28.2 Å². The Morgan fingerprint density at radius 3 is 2.47 bits per heavy atom. The third-order valence-corrected chi connectivity index (χ3v) is 6.88. The second-order valence-electron chi connectivity index (χ2n) is 7.84. The van der Waals surface area contributed by atoms with Crippen molar-refractivity contribution in [2.45, 2.75) is 24.0 Å². The summed E-state index contributed by atoms with van der Waals surface area (Å²) in [5, 5.41) is -0.469. The van der Waals surface area contributed by atoms with Crippen molar-refractivity contribution in [3.8, 4) is 28.8 Å². The molecule has 0 bridgehead atoms. The normalized spacial score (nSPS) is 11.3. The molecule has 0 spiro atoms. The van der Waals surface area contributed by atoms with Crippen LogP contribution in [0.3, 0.4) is 0 Å². The third kappa shape index (κ3) is 6.16. The number of rotatable bonds is 7. The molecule has 32 heavy (non-hydrogen) atoms. The van der Waals surface area contributed by atoms with Crippen molar-refractivity contribution in [3.05, 3.63) is 72.2 Å². The second-order valence-corrected chi connectivity index (χ2v) is 10.3. The SMILES string of the molecule is CC(C)S(=O)(=O)c1ccc(-c2cncc(C#Cc3cccc(OCCN(C)C)c3)n2)cc1. The van der Waals surface area contributed by atoms with Crippen LogP contribution < -0.4 is 4.74 Å². The predicted molar refractivity (Wildman–Crippen MR) is 126 cm³/mol. The zero-order chi connectivity index (χ0) is 23.1. The third-order valence-electron chi connectivity index (χ3n) is 4.71. The molecule has 1 aromatic heterocycles. The quantitative estimate of drug-likeness (QED) is 0.513. The van der Waals surface area contributed by atoms with E-state index in [4.69, 9.17) is 4.74 Å². The molecule has 0 radical (unpaired) electrons. The van der Waals surface area contributed by atoms with Crippen LogP contribution in [0, 0.1) is 11.8 Å². The smallest absolute Gasteiger partial charge is 0.180 e. The second kappa shape index (κ2) is 10.4. The molecule has 7 heteroatoms. The van der Waals surface area contributed by atoms with Gasteiger partial charge >= 0.3 is 0 Å². The fourth-order valence-corrected chi connectivity index (χ4v) is 3.86. The molecular weight excluding hydrogens is 422 g/mol. The number of benzene rings is 2. The molecule has 0 N–H and O–H groups in total. The van der Waals surface area contributed by atoms with Gasteiger partial charge in [-0.25, -0.2) is 13.4 Å². The first-order valence-corrected chi connectivity index (χ1v) is 11.9. The average Bonchev–Trinajstić information content (AvgIpc) is 2.78. The van der Waals surface area contributed by atoms with E-state index in [2.05, 4.69) is 26.7 Å². The number of nitrogens with zero attached hydrogens (tertiary/aromatic N) is 3. The van der Waals surface area contributed by atoms with E-state index in [9.17, 15) is 8.42 Å². The Balaban J connectivity index is 1.76. The Labute approximate surface area is 190 Å². The lowest BCUT2D eigenvalue weighted by molar-refractivity contribution is 0.261. The highest BCUT2D eigenvalue weighted by Crippen LogP contribution is 2.21. The standard InChI is InChI=1S/C25H27N3O3S/c1-19(2)32(29,30)24-12-9-21(10-13-24)25-18-26-17-22(27-25)11-8-20-6-5-7-23(16-20)31-15-14-28(3)4/h5-7,9-10,12-13,16-19H,14-15H2,1-4H3. The summed E-state index contributed by atoms with van der Waals surface area (Å²) in [6.45, 7) is 4.78. The van der Waals surface area contributed by atoms with Gasteiger partial charge in [0.15, 0.2) is 9.84 Å². The minimum Gasteiger partial charge on any atom is -0.492 e. The molecule has 166 valence electrons. The molecule has 0 aliphatic rings. The highest BCUT2D eigenvalue weighted by atomic mass is 32.2. The van der Waals surface area contributed by atoms with Crippen molar-refractivity contribution in [3.63, 3.8) is 0 Å². The molecule has 2 aromatic carbocycles. The van der Waals surface area contributed by atoms with Gasteiger partial charge in [0.2, 0.25) is 0 Å². The lowest BCUT2D eigenvalue weighted by atomic mass is 10.1. The highest BCUT2D eigenvalue weighted by Gasteiger charge is 2.18. The minimum absolute atomic E-state index is 0.299. The van der Waals surface area contributed by atoms with Gasteiger partial charge in [-0.05, 0) is 64.2 Å². The van der Waals surface area contributed by atoms with Crippen LogP contribution in [0.5, 0.6) is 5.75 Å². The molecular formula is C25H27N3O3S. The van der Waals surface area contributed by atoms with Crippen LogP contribution >= 0.6 is 0 Å². The number of hydrogen-bond acceptors (Lipinski definition) is 6. The first-order valence-electron chi connectivity index (χ1n) is 10.3. The molecule has 3 aromatic rings. The van der Waals surface area contributed by atoms with Gasteiger partial charge in [0.1, 0.15) is 18.1 Å². The fraction of sp³-hybridized carbons (Fsp3) is 0.280. The van der Waals surface area contributed by atoms with Gasteiger partial charge in [-0.15, -0.1) is 0 Å². The van der Waals surface area contributed by atoms with E-state index in [0.717, 1.165) is 23.4 Å². The van der Waals surface area contributed by atoms with E-state index in [0.29, 0.717) is 22.9 Å². The van der Waals surface area contributed by atoms with Crippen molar-refractivity contribution < 1.29 is 13.2 Å². The van der Waals surface area contributed by atoms with Crippen LogP contribution in [0.15, 0.2) is 65.8 Å². The van der Waals surface area contributed by atoms with Gasteiger partial charge in [-0.3, -0.25) is 4.98 Å². The summed E-state index contributed by atoms with van der Waals surface area (Å²) in [4.78, 5) is 11.1. The highest BCUT2D eigenvalue weighted by molar-refractivity contribution is 7.92. The molecule has 0 atom stereocenters. The Hall–Kier alpha value is -3.21. The molecule has 0 saturated heterocycles. The Bertz CT molecular complexity index is 1230. The van der Waals surface area contributed by atoms with Crippen molar-refractivity contribution in [1.29, 1.82) is 0 Å². The van der Waals surface area contributed by atoms with Crippen LogP contribution in [0.1, 0.15) is 25.1 Å². The van der Waals surface area contributed by atoms with Crippen LogP contribution in [0.2, 0.25) is 0 Å². The fourth-order valence-electron chi connectivity index (χ4n) is 2.80. The lowest BCUT2D eigenvalue weighted by Gasteiger charge is -2.10. The van der Waals surface area contributed by atoms with Crippen molar-refractivity contribution in [2.24, 2.45) is 0 Å². The van der Waals surface area contributed by atoms with Gasteiger partial charge in [0, 0.05) is 17.7 Å². The van der Waals surface area contributed by atoms with Gasteiger partial charge in [-0.2, -0.15) is 0 Å². The predicted octanol–water partition coefficient (Wildman–Crippen LogP) is 3.67. The first kappa shape index (κ1) is 23.5. The van der Waals surface area contributed by atoms with Gasteiger partial charge in [0.25, 0.3) is 0 Å². The van der Waals surface area contributed by atoms with E-state index in [1.807, 2.05) is 38.4 Å². The summed E-state index contributed by atoms with van der Waals surface area (Å²) >= 11 is 0. The van der Waals surface area contributed by atoms with E-state index in [1.165, 1.54) is 0 Å². The lowest BCUT2D eigenvalue weighted by Crippen LogP contribution is -2.19. The molecule has 0 saturated carbocycles. The summed E-state index contributed by atoms with van der Waals surface area (Å²) < 4.78 is 30.4. The molecule has 3 rings (SSSR count). The van der Waals surface area contributed by atoms with Gasteiger partial charge in [-0.1, -0.05) is 24.1 Å². The number of ether oxygens (including phenoxy) is 1. The van der Waals surface area contributed by atoms with E-state index >= 15 is 0 Å². The maximum atomic E-state index is 12.3. The van der Waals surface area contributed by atoms with Crippen molar-refractivity contribution >= 4 is 9.84 Å². The Morgan fingerprint density at radius 1 is 1.03 bits per heavy atom. The molecule has 0 amide bonds. The van der Waals surface area contributed by atoms with Crippen molar-refractivity contribution in [1.82, 2.24) is 14.9 Å². The number of sulfone groups is 1. The monoisotopic (exact) mass is 449 g/mol. The van der Waals surface area contributed by atoms with E-state index < -0.39 is 15.1 Å². The summed E-state index contributed by atoms with van der Waals surface area (Å²) in [6, 6.07) is 14.3. The zero-order valence-electron chi connectivity index (χ0n) is 18.7. The first-order chi connectivity index (χ1) is 15.3. The molecule has 0 aliphatic heterocycles. The summed E-state index contributed by atoms with van der Waals surface area (Å²) in [5.74, 6) is 6.91. The molecule has 0 unspecified atom stereocenters. The molecule has 6 nitrogen and oxygen atoms in total. The Morgan fingerprint density at radius 2 is 1.78 bits per heavy atom. The van der Waals surface area contributed by atoms with Crippen LogP contribution in [-0.2, 0) is 9.84 Å².